The summed E-state index contributed by atoms with van der Waals surface area (Å²) in [6, 6.07) is 2.26. The number of hydrogen-bond acceptors (Lipinski definition) is 3. The van der Waals surface area contributed by atoms with Gasteiger partial charge in [0.15, 0.2) is 0 Å². The first-order valence-electron chi connectivity index (χ1n) is 3.20. The number of rotatable bonds is 0. The molecule has 9 heavy (non-hydrogen) atoms. The van der Waals surface area contributed by atoms with Crippen LogP contribution in [0.2, 0.25) is 0 Å². The van der Waals surface area contributed by atoms with Gasteiger partial charge in [-0.3, -0.25) is 0 Å². The second-order valence-electron chi connectivity index (χ2n) is 2.39. The van der Waals surface area contributed by atoms with Gasteiger partial charge in [0.1, 0.15) is 0 Å². The van der Waals surface area contributed by atoms with Crippen molar-refractivity contribution in [2.45, 2.75) is 12.5 Å². The Morgan fingerprint density at radius 1 is 1.67 bits per heavy atom. The zero-order valence-corrected chi connectivity index (χ0v) is 5.30. The van der Waals surface area contributed by atoms with Crippen molar-refractivity contribution in [3.8, 4) is 6.07 Å². The van der Waals surface area contributed by atoms with E-state index in [1.165, 1.54) is 0 Å². The summed E-state index contributed by atoms with van der Waals surface area (Å²) in [6.07, 6.45) is 0.929. The van der Waals surface area contributed by atoms with Gasteiger partial charge in [0.05, 0.1) is 12.0 Å². The Morgan fingerprint density at radius 2 is 2.44 bits per heavy atom. The van der Waals surface area contributed by atoms with E-state index in [9.17, 15) is 0 Å². The van der Waals surface area contributed by atoms with Crippen molar-refractivity contribution in [1.29, 1.82) is 5.26 Å². The molecule has 1 heterocycles. The van der Waals surface area contributed by atoms with Crippen LogP contribution in [0, 0.1) is 17.2 Å². The first-order valence-corrected chi connectivity index (χ1v) is 3.20. The molecule has 0 aliphatic carbocycles. The number of nitriles is 1. The largest absolute Gasteiger partial charge is 0.326 e. The molecule has 0 amide bonds. The summed E-state index contributed by atoms with van der Waals surface area (Å²) < 4.78 is 0. The quantitative estimate of drug-likeness (QED) is 0.456. The summed E-state index contributed by atoms with van der Waals surface area (Å²) in [6.45, 7) is 1.72. The van der Waals surface area contributed by atoms with Crippen molar-refractivity contribution < 1.29 is 0 Å². The van der Waals surface area contributed by atoms with E-state index in [1.54, 1.807) is 0 Å². The normalized spacial score (nSPS) is 35.6. The Bertz CT molecular complexity index is 127. The van der Waals surface area contributed by atoms with Gasteiger partial charge in [-0.1, -0.05) is 0 Å². The van der Waals surface area contributed by atoms with E-state index in [0.717, 1.165) is 19.5 Å². The Kier molecular flexibility index (Phi) is 2.04. The number of nitrogens with zero attached hydrogens (tertiary/aromatic N) is 1. The maximum atomic E-state index is 8.49. The molecular weight excluding hydrogens is 114 g/mol. The zero-order valence-electron chi connectivity index (χ0n) is 5.30. The summed E-state index contributed by atoms with van der Waals surface area (Å²) in [5, 5.41) is 11.6. The summed E-state index contributed by atoms with van der Waals surface area (Å²) in [4.78, 5) is 0. The summed E-state index contributed by atoms with van der Waals surface area (Å²) >= 11 is 0. The average molecular weight is 125 g/mol. The predicted octanol–water partition coefficient (Wildman–Crippen LogP) is -0.553. The molecule has 1 aliphatic rings. The summed E-state index contributed by atoms with van der Waals surface area (Å²) in [5.41, 5.74) is 5.63. The monoisotopic (exact) mass is 125 g/mol. The molecule has 1 aliphatic heterocycles. The minimum absolute atomic E-state index is 0.0266. The molecule has 3 heteroatoms. The molecule has 0 spiro atoms. The third kappa shape index (κ3) is 1.41. The molecule has 50 valence electrons. The van der Waals surface area contributed by atoms with E-state index in [-0.39, 0.29) is 12.0 Å². The van der Waals surface area contributed by atoms with Gasteiger partial charge in [-0.25, -0.2) is 0 Å². The van der Waals surface area contributed by atoms with Gasteiger partial charge >= 0.3 is 0 Å². The third-order valence-electron chi connectivity index (χ3n) is 1.70. The lowest BCUT2D eigenvalue weighted by Crippen LogP contribution is -2.43. The average Bonchev–Trinajstić information content (AvgIpc) is 1.89. The second kappa shape index (κ2) is 2.81. The number of nitrogens with two attached hydrogens (primary N) is 1. The van der Waals surface area contributed by atoms with Crippen LogP contribution >= 0.6 is 0 Å². The molecule has 0 unspecified atom stereocenters. The topological polar surface area (TPSA) is 61.8 Å². The Labute approximate surface area is 54.8 Å². The third-order valence-corrected chi connectivity index (χ3v) is 1.70. The van der Waals surface area contributed by atoms with E-state index in [1.807, 2.05) is 0 Å². The minimum atomic E-state index is 0.0266. The highest BCUT2D eigenvalue weighted by molar-refractivity contribution is 4.94. The van der Waals surface area contributed by atoms with Crippen LogP contribution in [0.15, 0.2) is 0 Å². The fourth-order valence-corrected chi connectivity index (χ4v) is 1.02. The molecule has 2 atom stereocenters. The van der Waals surface area contributed by atoms with Gasteiger partial charge in [0.25, 0.3) is 0 Å². The van der Waals surface area contributed by atoms with E-state index in [4.69, 9.17) is 11.0 Å². The molecule has 0 radical (unpaired) electrons. The highest BCUT2D eigenvalue weighted by Crippen LogP contribution is 2.06. The van der Waals surface area contributed by atoms with Crippen LogP contribution in [0.25, 0.3) is 0 Å². The van der Waals surface area contributed by atoms with Gasteiger partial charge in [-0.2, -0.15) is 5.26 Å². The van der Waals surface area contributed by atoms with Gasteiger partial charge < -0.3 is 11.1 Å². The van der Waals surface area contributed by atoms with Crippen LogP contribution in [0.5, 0.6) is 0 Å². The molecule has 0 aromatic heterocycles. The lowest BCUT2D eigenvalue weighted by atomic mass is 9.96. The predicted molar refractivity (Wildman–Crippen MR) is 34.6 cm³/mol. The fourth-order valence-electron chi connectivity index (χ4n) is 1.02. The molecule has 0 bridgehead atoms. The molecule has 1 rings (SSSR count). The van der Waals surface area contributed by atoms with Gasteiger partial charge in [0, 0.05) is 12.6 Å². The van der Waals surface area contributed by atoms with E-state index in [0.29, 0.717) is 0 Å². The number of hydrogen-bond donors (Lipinski definition) is 2. The van der Waals surface area contributed by atoms with E-state index >= 15 is 0 Å². The van der Waals surface area contributed by atoms with Crippen LogP contribution in [-0.4, -0.2) is 19.1 Å². The molecular formula is C6H11N3. The highest BCUT2D eigenvalue weighted by atomic mass is 14.9. The smallest absolute Gasteiger partial charge is 0.0739 e. The van der Waals surface area contributed by atoms with E-state index in [2.05, 4.69) is 11.4 Å². The SMILES string of the molecule is N#C[C@H]1CNCC[C@H]1N. The first kappa shape index (κ1) is 6.53. The van der Waals surface area contributed by atoms with Crippen molar-refractivity contribution in [2.75, 3.05) is 13.1 Å². The Morgan fingerprint density at radius 3 is 2.89 bits per heavy atom. The lowest BCUT2D eigenvalue weighted by Gasteiger charge is -2.23. The van der Waals surface area contributed by atoms with Gasteiger partial charge in [-0.15, -0.1) is 0 Å². The van der Waals surface area contributed by atoms with Gasteiger partial charge in [0.2, 0.25) is 0 Å². The second-order valence-corrected chi connectivity index (χ2v) is 2.39. The number of piperidine rings is 1. The minimum Gasteiger partial charge on any atom is -0.326 e. The van der Waals surface area contributed by atoms with Crippen molar-refractivity contribution in [1.82, 2.24) is 5.32 Å². The molecule has 3 N–H and O–H groups in total. The standard InChI is InChI=1S/C6H11N3/c7-3-5-4-9-2-1-6(5)8/h5-6,9H,1-2,4,8H2/t5-,6+/m0/s1. The first-order chi connectivity index (χ1) is 4.34. The lowest BCUT2D eigenvalue weighted by molar-refractivity contribution is 0.387. The van der Waals surface area contributed by atoms with Gasteiger partial charge in [-0.05, 0) is 13.0 Å². The maximum Gasteiger partial charge on any atom is 0.0739 e. The molecule has 0 aromatic rings. The van der Waals surface area contributed by atoms with Crippen LogP contribution in [0.1, 0.15) is 6.42 Å². The van der Waals surface area contributed by atoms with Crippen molar-refractivity contribution in [3.05, 3.63) is 0 Å². The van der Waals surface area contributed by atoms with Crippen LogP contribution in [0.3, 0.4) is 0 Å². The summed E-state index contributed by atoms with van der Waals surface area (Å²) in [7, 11) is 0. The highest BCUT2D eigenvalue weighted by Gasteiger charge is 2.19. The van der Waals surface area contributed by atoms with Crippen molar-refractivity contribution in [3.63, 3.8) is 0 Å². The number of nitrogens with one attached hydrogen (secondary N) is 1. The Balaban J connectivity index is 2.41. The van der Waals surface area contributed by atoms with Crippen LogP contribution in [-0.2, 0) is 0 Å². The fraction of sp³-hybridized carbons (Fsp3) is 0.833. The molecule has 1 saturated heterocycles. The molecule has 0 aromatic carbocycles. The maximum absolute atomic E-state index is 8.49. The molecule has 1 fully saturated rings. The van der Waals surface area contributed by atoms with Crippen molar-refractivity contribution in [2.24, 2.45) is 11.7 Å². The van der Waals surface area contributed by atoms with Crippen LogP contribution in [0.4, 0.5) is 0 Å². The van der Waals surface area contributed by atoms with Crippen LogP contribution < -0.4 is 11.1 Å². The van der Waals surface area contributed by atoms with Crippen molar-refractivity contribution >= 4 is 0 Å². The molecule has 3 nitrogen and oxygen atoms in total. The van der Waals surface area contributed by atoms with E-state index < -0.39 is 0 Å². The molecule has 0 saturated carbocycles. The summed E-state index contributed by atoms with van der Waals surface area (Å²) in [5.74, 6) is 0.0266. The Hall–Kier alpha value is -0.590. The zero-order chi connectivity index (χ0) is 6.69.